The number of carbonyl (C=O) groups excluding carboxylic acids is 1. The highest BCUT2D eigenvalue weighted by molar-refractivity contribution is 6.37. The van der Waals surface area contributed by atoms with Gasteiger partial charge in [0.1, 0.15) is 11.6 Å². The number of nitrogens with two attached hydrogens (primary N) is 1. The van der Waals surface area contributed by atoms with Crippen LogP contribution in [0.5, 0.6) is 11.6 Å². The van der Waals surface area contributed by atoms with Gasteiger partial charge < -0.3 is 15.8 Å². The second kappa shape index (κ2) is 11.1. The molecule has 1 aromatic heterocycles. The summed E-state index contributed by atoms with van der Waals surface area (Å²) < 4.78 is 21.1. The maximum atomic E-state index is 15.4. The fourth-order valence-corrected chi connectivity index (χ4v) is 3.94. The molecule has 0 aliphatic heterocycles. The average Bonchev–Trinajstić information content (AvgIpc) is 2.91. The third-order valence-corrected chi connectivity index (χ3v) is 5.60. The Morgan fingerprint density at radius 1 is 1.14 bits per heavy atom. The second-order valence-electron chi connectivity index (χ2n) is 7.96. The van der Waals surface area contributed by atoms with Gasteiger partial charge in [-0.2, -0.15) is 0 Å². The van der Waals surface area contributed by atoms with Crippen molar-refractivity contribution in [3.8, 4) is 11.6 Å². The van der Waals surface area contributed by atoms with E-state index in [0.717, 1.165) is 5.56 Å². The predicted molar refractivity (Wildman–Crippen MR) is 147 cm³/mol. The van der Waals surface area contributed by atoms with Gasteiger partial charge in [-0.15, -0.1) is 0 Å². The number of anilines is 1. The van der Waals surface area contributed by atoms with Crippen LogP contribution >= 0.6 is 0 Å². The summed E-state index contributed by atoms with van der Waals surface area (Å²) in [5, 5.41) is 2.76. The molecule has 0 bridgehead atoms. The summed E-state index contributed by atoms with van der Waals surface area (Å²) in [6.07, 6.45) is 7.93. The third-order valence-electron chi connectivity index (χ3n) is 5.60. The molecule has 4 rings (SSSR count). The van der Waals surface area contributed by atoms with Gasteiger partial charge in [-0.1, -0.05) is 43.5 Å². The molecule has 6 nitrogen and oxygen atoms in total. The van der Waals surface area contributed by atoms with E-state index in [9.17, 15) is 4.79 Å². The van der Waals surface area contributed by atoms with Gasteiger partial charge in [0, 0.05) is 59.0 Å². The second-order valence-corrected chi connectivity index (χ2v) is 7.96. The fourth-order valence-electron chi connectivity index (χ4n) is 3.94. The third kappa shape index (κ3) is 5.46. The number of nitrogens with zero attached hydrogens (tertiary/aromatic N) is 2. The first-order valence-electron chi connectivity index (χ1n) is 11.4. The van der Waals surface area contributed by atoms with Crippen molar-refractivity contribution >= 4 is 28.5 Å². The lowest BCUT2D eigenvalue weighted by molar-refractivity contribution is -0.111. The number of aromatic nitrogens is 1. The van der Waals surface area contributed by atoms with Crippen molar-refractivity contribution in [2.75, 3.05) is 12.4 Å². The minimum absolute atomic E-state index is 0.296. The molecular formula is C30H25FN4O2. The van der Waals surface area contributed by atoms with Crippen molar-refractivity contribution in [3.05, 3.63) is 133 Å². The summed E-state index contributed by atoms with van der Waals surface area (Å²) in [6, 6.07) is 17.1. The summed E-state index contributed by atoms with van der Waals surface area (Å²) in [7, 11) is 1.66. The molecule has 0 unspecified atom stereocenters. The number of ether oxygens (including phenoxy) is 1. The Morgan fingerprint density at radius 3 is 2.65 bits per heavy atom. The molecule has 2 aromatic carbocycles. The number of hydrogen-bond acceptors (Lipinski definition) is 5. The van der Waals surface area contributed by atoms with Crippen LogP contribution < -0.4 is 15.8 Å². The highest BCUT2D eigenvalue weighted by atomic mass is 19.1. The van der Waals surface area contributed by atoms with Crippen molar-refractivity contribution in [2.24, 2.45) is 10.7 Å². The number of pyridine rings is 1. The van der Waals surface area contributed by atoms with E-state index in [0.29, 0.717) is 51.0 Å². The van der Waals surface area contributed by atoms with Gasteiger partial charge in [0.25, 0.3) is 0 Å². The zero-order valence-corrected chi connectivity index (χ0v) is 20.2. The maximum absolute atomic E-state index is 15.4. The van der Waals surface area contributed by atoms with Crippen LogP contribution in [0.3, 0.4) is 0 Å². The average molecular weight is 493 g/mol. The van der Waals surface area contributed by atoms with Gasteiger partial charge in [-0.05, 0) is 48.0 Å². The number of carbonyl (C=O) groups is 1. The van der Waals surface area contributed by atoms with Gasteiger partial charge in [-0.25, -0.2) is 9.37 Å². The van der Waals surface area contributed by atoms with Crippen LogP contribution in [0, 0.1) is 5.82 Å². The van der Waals surface area contributed by atoms with E-state index in [-0.39, 0.29) is 5.91 Å². The number of allylic oxidation sites excluding steroid dienone is 6. The Labute approximate surface area is 214 Å². The molecule has 184 valence electrons. The van der Waals surface area contributed by atoms with Crippen LogP contribution in [0.25, 0.3) is 11.1 Å². The van der Waals surface area contributed by atoms with E-state index < -0.39 is 5.82 Å². The van der Waals surface area contributed by atoms with Crippen LogP contribution in [-0.4, -0.2) is 23.7 Å². The van der Waals surface area contributed by atoms with E-state index in [1.165, 1.54) is 12.1 Å². The van der Waals surface area contributed by atoms with E-state index in [4.69, 9.17) is 10.5 Å². The summed E-state index contributed by atoms with van der Waals surface area (Å²) >= 11 is 0. The number of rotatable bonds is 7. The van der Waals surface area contributed by atoms with E-state index in [1.807, 2.05) is 18.2 Å². The first kappa shape index (κ1) is 25.1. The van der Waals surface area contributed by atoms with E-state index in [2.05, 4.69) is 28.5 Å². The highest BCUT2D eigenvalue weighted by Gasteiger charge is 2.26. The van der Waals surface area contributed by atoms with Crippen LogP contribution in [0.4, 0.5) is 10.1 Å². The van der Waals surface area contributed by atoms with Crippen LogP contribution in [-0.2, 0) is 4.79 Å². The Morgan fingerprint density at radius 2 is 1.97 bits per heavy atom. The van der Waals surface area contributed by atoms with Crippen LogP contribution in [0.15, 0.2) is 121 Å². The molecule has 0 fully saturated rings. The number of benzene rings is 2. The van der Waals surface area contributed by atoms with Crippen molar-refractivity contribution in [3.63, 3.8) is 0 Å². The number of nitrogens with one attached hydrogen (secondary N) is 1. The van der Waals surface area contributed by atoms with Gasteiger partial charge in [-0.3, -0.25) is 9.79 Å². The molecule has 3 aromatic rings. The lowest BCUT2D eigenvalue weighted by atomic mass is 9.83. The molecule has 0 radical (unpaired) electrons. The standard InChI is InChI=1S/C30H25FN4O2/c1-4-9-23-29(32)25(22-14-13-21(17-26(22)31)37-28-12-6-7-15-34-28)18-24(30(23)33-3)19-10-8-11-20(16-19)35-27(36)5-2/h4-18H,1-2,32H2,3H3,(H,35,36)/b23-9-,33-30?. The maximum Gasteiger partial charge on any atom is 0.247 e. The quantitative estimate of drug-likeness (QED) is 0.391. The van der Waals surface area contributed by atoms with Crippen LogP contribution in [0.1, 0.15) is 11.1 Å². The predicted octanol–water partition coefficient (Wildman–Crippen LogP) is 6.09. The minimum Gasteiger partial charge on any atom is -0.439 e. The molecule has 1 amide bonds. The molecule has 1 aliphatic rings. The molecule has 37 heavy (non-hydrogen) atoms. The number of amides is 1. The molecule has 0 saturated heterocycles. The number of aliphatic imine (C=N–C) groups is 1. The number of hydrogen-bond donors (Lipinski definition) is 2. The van der Waals surface area contributed by atoms with Crippen molar-refractivity contribution in [1.29, 1.82) is 0 Å². The Bertz CT molecular complexity index is 1500. The first-order valence-corrected chi connectivity index (χ1v) is 11.4. The normalized spacial score (nSPS) is 15.4. The molecule has 7 heteroatoms. The van der Waals surface area contributed by atoms with Crippen molar-refractivity contribution < 1.29 is 13.9 Å². The van der Waals surface area contributed by atoms with E-state index in [1.54, 1.807) is 67.9 Å². The lowest BCUT2D eigenvalue weighted by Crippen LogP contribution is -2.19. The van der Waals surface area contributed by atoms with Crippen molar-refractivity contribution in [2.45, 2.75) is 0 Å². The summed E-state index contributed by atoms with van der Waals surface area (Å²) in [5.41, 5.74) is 11.0. The fraction of sp³-hybridized carbons (Fsp3) is 0.0333. The van der Waals surface area contributed by atoms with Gasteiger partial charge >= 0.3 is 0 Å². The largest absolute Gasteiger partial charge is 0.439 e. The SMILES string of the molecule is C=C/C=C1\C(=NC)C(c2cccc(NC(=O)C=C)c2)=CC(c2ccc(Oc3ccccn3)cc2F)=C1N. The van der Waals surface area contributed by atoms with Gasteiger partial charge in [0.15, 0.2) is 0 Å². The summed E-state index contributed by atoms with van der Waals surface area (Å²) in [4.78, 5) is 20.4. The van der Waals surface area contributed by atoms with Gasteiger partial charge in [0.2, 0.25) is 11.8 Å². The molecular weight excluding hydrogens is 467 g/mol. The van der Waals surface area contributed by atoms with Gasteiger partial charge in [0.05, 0.1) is 5.71 Å². The zero-order valence-electron chi connectivity index (χ0n) is 20.2. The van der Waals surface area contributed by atoms with Crippen LogP contribution in [0.2, 0.25) is 0 Å². The molecule has 0 spiro atoms. The Balaban J connectivity index is 1.81. The molecule has 1 heterocycles. The van der Waals surface area contributed by atoms with Crippen molar-refractivity contribution in [1.82, 2.24) is 4.98 Å². The Kier molecular flexibility index (Phi) is 7.54. The topological polar surface area (TPSA) is 89.6 Å². The molecule has 3 N–H and O–H groups in total. The summed E-state index contributed by atoms with van der Waals surface area (Å²) in [6.45, 7) is 7.28. The smallest absolute Gasteiger partial charge is 0.247 e. The molecule has 0 atom stereocenters. The monoisotopic (exact) mass is 492 g/mol. The lowest BCUT2D eigenvalue weighted by Gasteiger charge is -2.24. The summed E-state index contributed by atoms with van der Waals surface area (Å²) in [5.74, 6) is -0.172. The first-order chi connectivity index (χ1) is 17.9. The Hall–Kier alpha value is -5.04. The molecule has 0 saturated carbocycles. The minimum atomic E-state index is -0.510. The molecule has 1 aliphatic carbocycles. The zero-order chi connectivity index (χ0) is 26.4. The van der Waals surface area contributed by atoms with E-state index >= 15 is 4.39 Å². The highest BCUT2D eigenvalue weighted by Crippen LogP contribution is 2.37. The number of halogens is 1.